The van der Waals surface area contributed by atoms with Crippen LogP contribution in [-0.4, -0.2) is 18.5 Å². The van der Waals surface area contributed by atoms with Crippen LogP contribution in [0.15, 0.2) is 6.07 Å². The van der Waals surface area contributed by atoms with E-state index in [1.165, 1.54) is 0 Å². The first-order chi connectivity index (χ1) is 7.74. The van der Waals surface area contributed by atoms with Gasteiger partial charge in [0.1, 0.15) is 0 Å². The number of aromatic nitrogens is 1. The highest BCUT2D eigenvalue weighted by molar-refractivity contribution is 5.54. The Bertz CT molecular complexity index is 408. The van der Waals surface area contributed by atoms with Gasteiger partial charge in [0.2, 0.25) is 5.88 Å². The minimum absolute atomic E-state index is 0.327. The number of halogens is 5. The molecule has 1 heterocycles. The Balaban J connectivity index is 3.27. The van der Waals surface area contributed by atoms with Crippen LogP contribution in [0.25, 0.3) is 0 Å². The number of ether oxygens (including phenoxy) is 2. The normalized spacial score (nSPS) is 11.7. The number of nitrogens with zero attached hydrogens (tertiary/aromatic N) is 1. The summed E-state index contributed by atoms with van der Waals surface area (Å²) in [5.41, 5.74) is 4.06. The summed E-state index contributed by atoms with van der Waals surface area (Å²) in [4.78, 5) is 3.32. The summed E-state index contributed by atoms with van der Waals surface area (Å²) in [6.07, 6.45) is -8.33. The maximum Gasteiger partial charge on any atom is 0.573 e. The fourth-order valence-electron chi connectivity index (χ4n) is 1.04. The van der Waals surface area contributed by atoms with E-state index in [1.807, 2.05) is 0 Å². The molecule has 9 heteroatoms. The van der Waals surface area contributed by atoms with Crippen molar-refractivity contribution in [2.24, 2.45) is 0 Å². The summed E-state index contributed by atoms with van der Waals surface area (Å²) in [6, 6.07) is 0.627. The molecular formula is C8H7F5N2O2. The molecule has 0 saturated heterocycles. The topological polar surface area (TPSA) is 57.4 Å². The summed E-state index contributed by atoms with van der Waals surface area (Å²) in [5, 5.41) is 0. The molecule has 2 N–H and O–H groups in total. The largest absolute Gasteiger partial charge is 0.573 e. The average molecular weight is 258 g/mol. The standard InChI is InChI=1S/C8H7F5N2O2/c1-16-4-2-3(6(9)10)5(7(14)15-4)17-8(11,12)13/h2,6H,1H3,(H2,14,15). The molecule has 1 rings (SSSR count). The van der Waals surface area contributed by atoms with Crippen molar-refractivity contribution in [1.29, 1.82) is 0 Å². The second-order valence-corrected chi connectivity index (χ2v) is 2.82. The zero-order valence-electron chi connectivity index (χ0n) is 8.39. The smallest absolute Gasteiger partial charge is 0.481 e. The lowest BCUT2D eigenvalue weighted by Crippen LogP contribution is -2.19. The second-order valence-electron chi connectivity index (χ2n) is 2.82. The van der Waals surface area contributed by atoms with Crippen LogP contribution >= 0.6 is 0 Å². The second kappa shape index (κ2) is 4.60. The predicted octanol–water partition coefficient (Wildman–Crippen LogP) is 2.51. The molecule has 0 aromatic carbocycles. The Morgan fingerprint density at radius 1 is 1.35 bits per heavy atom. The van der Waals surface area contributed by atoms with E-state index in [1.54, 1.807) is 0 Å². The molecule has 0 atom stereocenters. The van der Waals surface area contributed by atoms with Crippen molar-refractivity contribution >= 4 is 5.82 Å². The Morgan fingerprint density at radius 2 is 1.94 bits per heavy atom. The van der Waals surface area contributed by atoms with E-state index in [2.05, 4.69) is 14.5 Å². The number of pyridine rings is 1. The summed E-state index contributed by atoms with van der Waals surface area (Å²) in [5.74, 6) is -2.36. The first kappa shape index (κ1) is 13.3. The van der Waals surface area contributed by atoms with Gasteiger partial charge in [-0.05, 0) is 0 Å². The van der Waals surface area contributed by atoms with Crippen LogP contribution in [0.2, 0.25) is 0 Å². The number of hydrogen-bond donors (Lipinski definition) is 1. The molecule has 96 valence electrons. The summed E-state index contributed by atoms with van der Waals surface area (Å²) in [7, 11) is 1.11. The van der Waals surface area contributed by atoms with Crippen LogP contribution in [-0.2, 0) is 0 Å². The van der Waals surface area contributed by atoms with E-state index >= 15 is 0 Å². The van der Waals surface area contributed by atoms with Gasteiger partial charge >= 0.3 is 6.36 Å². The molecule has 0 amide bonds. The molecule has 0 aliphatic rings. The van der Waals surface area contributed by atoms with Crippen LogP contribution in [0.1, 0.15) is 12.0 Å². The van der Waals surface area contributed by atoms with E-state index in [-0.39, 0.29) is 5.88 Å². The van der Waals surface area contributed by atoms with Crippen molar-refractivity contribution in [2.45, 2.75) is 12.8 Å². The zero-order valence-corrected chi connectivity index (χ0v) is 8.39. The fourth-order valence-corrected chi connectivity index (χ4v) is 1.04. The van der Waals surface area contributed by atoms with Gasteiger partial charge in [-0.2, -0.15) is 4.98 Å². The highest BCUT2D eigenvalue weighted by atomic mass is 19.4. The zero-order chi connectivity index (χ0) is 13.2. The first-order valence-electron chi connectivity index (χ1n) is 4.13. The van der Waals surface area contributed by atoms with Crippen molar-refractivity contribution in [2.75, 3.05) is 12.8 Å². The third-order valence-corrected chi connectivity index (χ3v) is 1.67. The van der Waals surface area contributed by atoms with Crippen molar-refractivity contribution in [1.82, 2.24) is 4.98 Å². The number of methoxy groups -OCH3 is 1. The van der Waals surface area contributed by atoms with Crippen LogP contribution in [0.4, 0.5) is 27.8 Å². The molecule has 0 aliphatic heterocycles. The number of hydrogen-bond acceptors (Lipinski definition) is 4. The van der Waals surface area contributed by atoms with E-state index < -0.39 is 29.9 Å². The van der Waals surface area contributed by atoms with E-state index in [0.29, 0.717) is 6.07 Å². The molecule has 0 saturated carbocycles. The van der Waals surface area contributed by atoms with Crippen LogP contribution in [0, 0.1) is 0 Å². The van der Waals surface area contributed by atoms with Crippen LogP contribution in [0.3, 0.4) is 0 Å². The summed E-state index contributed by atoms with van der Waals surface area (Å²) < 4.78 is 68.8. The number of anilines is 1. The van der Waals surface area contributed by atoms with Gasteiger partial charge in [-0.15, -0.1) is 13.2 Å². The van der Waals surface area contributed by atoms with E-state index in [0.717, 1.165) is 7.11 Å². The van der Waals surface area contributed by atoms with E-state index in [9.17, 15) is 22.0 Å². The average Bonchev–Trinajstić information content (AvgIpc) is 2.18. The van der Waals surface area contributed by atoms with Gasteiger partial charge in [-0.3, -0.25) is 0 Å². The minimum atomic E-state index is -5.13. The molecule has 4 nitrogen and oxygen atoms in total. The number of nitrogen functional groups attached to an aromatic ring is 1. The first-order valence-corrected chi connectivity index (χ1v) is 4.13. The lowest BCUT2D eigenvalue weighted by atomic mass is 10.2. The van der Waals surface area contributed by atoms with Gasteiger partial charge in [0, 0.05) is 6.07 Å². The maximum atomic E-state index is 12.5. The maximum absolute atomic E-state index is 12.5. The lowest BCUT2D eigenvalue weighted by molar-refractivity contribution is -0.275. The highest BCUT2D eigenvalue weighted by Gasteiger charge is 2.35. The molecule has 1 aromatic heterocycles. The van der Waals surface area contributed by atoms with Crippen molar-refractivity contribution in [3.8, 4) is 11.6 Å². The quantitative estimate of drug-likeness (QED) is 0.846. The Hall–Kier alpha value is -1.80. The van der Waals surface area contributed by atoms with Gasteiger partial charge in [0.25, 0.3) is 6.43 Å². The molecule has 0 radical (unpaired) electrons. The molecular weight excluding hydrogens is 251 g/mol. The molecule has 0 fully saturated rings. The fraction of sp³-hybridized carbons (Fsp3) is 0.375. The van der Waals surface area contributed by atoms with Crippen LogP contribution in [0.5, 0.6) is 11.6 Å². The molecule has 0 spiro atoms. The van der Waals surface area contributed by atoms with Gasteiger partial charge in [-0.1, -0.05) is 0 Å². The molecule has 0 bridgehead atoms. The summed E-state index contributed by atoms with van der Waals surface area (Å²) >= 11 is 0. The monoisotopic (exact) mass is 258 g/mol. The lowest BCUT2D eigenvalue weighted by Gasteiger charge is -2.15. The van der Waals surface area contributed by atoms with Gasteiger partial charge in [0.05, 0.1) is 12.7 Å². The summed E-state index contributed by atoms with van der Waals surface area (Å²) in [6.45, 7) is 0. The third-order valence-electron chi connectivity index (χ3n) is 1.67. The number of alkyl halides is 5. The van der Waals surface area contributed by atoms with Gasteiger partial charge < -0.3 is 15.2 Å². The van der Waals surface area contributed by atoms with Crippen molar-refractivity contribution in [3.05, 3.63) is 11.6 Å². The Kier molecular flexibility index (Phi) is 3.59. The molecule has 1 aromatic rings. The van der Waals surface area contributed by atoms with Gasteiger partial charge in [-0.25, -0.2) is 8.78 Å². The van der Waals surface area contributed by atoms with Crippen LogP contribution < -0.4 is 15.2 Å². The van der Waals surface area contributed by atoms with Crippen molar-refractivity contribution < 1.29 is 31.4 Å². The predicted molar refractivity (Wildman–Crippen MR) is 46.8 cm³/mol. The molecule has 17 heavy (non-hydrogen) atoms. The van der Waals surface area contributed by atoms with E-state index in [4.69, 9.17) is 5.73 Å². The molecule has 0 unspecified atom stereocenters. The van der Waals surface area contributed by atoms with Gasteiger partial charge in [0.15, 0.2) is 11.6 Å². The number of nitrogens with two attached hydrogens (primary N) is 1. The Labute approximate surface area is 92.1 Å². The minimum Gasteiger partial charge on any atom is -0.481 e. The van der Waals surface area contributed by atoms with Crippen molar-refractivity contribution in [3.63, 3.8) is 0 Å². The Morgan fingerprint density at radius 3 is 2.35 bits per heavy atom. The SMILES string of the molecule is COc1cc(C(F)F)c(OC(F)(F)F)c(N)n1. The highest BCUT2D eigenvalue weighted by Crippen LogP contribution is 2.38. The number of rotatable bonds is 3. The third kappa shape index (κ3) is 3.33. The molecule has 0 aliphatic carbocycles.